The Hall–Kier alpha value is -2.58. The van der Waals surface area contributed by atoms with Gasteiger partial charge in [-0.25, -0.2) is 8.42 Å². The van der Waals surface area contributed by atoms with Crippen LogP contribution in [0.2, 0.25) is 0 Å². The molecule has 3 rings (SSSR count). The molecule has 186 valence electrons. The number of nitrogens with one attached hydrogen (secondary N) is 1. The summed E-state index contributed by atoms with van der Waals surface area (Å²) in [7, 11) is -1.98. The highest BCUT2D eigenvalue weighted by Crippen LogP contribution is 2.27. The molecule has 0 radical (unpaired) electrons. The Morgan fingerprint density at radius 1 is 1.06 bits per heavy atom. The molecule has 0 atom stereocenters. The molecule has 0 aromatic heterocycles. The van der Waals surface area contributed by atoms with E-state index in [2.05, 4.69) is 38.2 Å². The number of nitrogens with zero attached hydrogens (tertiary/aromatic N) is 1. The summed E-state index contributed by atoms with van der Waals surface area (Å²) >= 11 is 0. The molecule has 2 aromatic carbocycles. The van der Waals surface area contributed by atoms with Crippen LogP contribution in [0.15, 0.2) is 47.4 Å². The first kappa shape index (κ1) is 26.0. The monoisotopic (exact) mass is 488 g/mol. The molecule has 2 aromatic rings. The van der Waals surface area contributed by atoms with Crippen LogP contribution in [0.4, 0.5) is 0 Å². The number of hydrogen-bond donors (Lipinski definition) is 1. The van der Waals surface area contributed by atoms with Crippen molar-refractivity contribution < 1.29 is 22.7 Å². The lowest BCUT2D eigenvalue weighted by molar-refractivity contribution is -0.121. The first-order valence-corrected chi connectivity index (χ1v) is 13.2. The van der Waals surface area contributed by atoms with Crippen LogP contribution in [0.1, 0.15) is 51.2 Å². The third-order valence-electron chi connectivity index (χ3n) is 5.99. The average Bonchev–Trinajstić information content (AvgIpc) is 3.36. The van der Waals surface area contributed by atoms with Crippen LogP contribution >= 0.6 is 0 Å². The van der Waals surface area contributed by atoms with E-state index >= 15 is 0 Å². The lowest BCUT2D eigenvalue weighted by Crippen LogP contribution is -2.28. The van der Waals surface area contributed by atoms with Gasteiger partial charge in [0, 0.05) is 19.5 Å². The zero-order valence-electron chi connectivity index (χ0n) is 20.6. The normalized spacial score (nSPS) is 14.7. The number of hydrogen-bond acceptors (Lipinski definition) is 5. The van der Waals surface area contributed by atoms with Crippen molar-refractivity contribution in [3.05, 3.63) is 53.6 Å². The van der Waals surface area contributed by atoms with E-state index in [1.54, 1.807) is 25.3 Å². The molecule has 34 heavy (non-hydrogen) atoms. The molecule has 1 fully saturated rings. The van der Waals surface area contributed by atoms with Gasteiger partial charge >= 0.3 is 0 Å². The summed E-state index contributed by atoms with van der Waals surface area (Å²) in [6.45, 7) is 8.35. The van der Waals surface area contributed by atoms with Crippen LogP contribution in [0, 0.1) is 0 Å². The number of benzene rings is 2. The predicted molar refractivity (Wildman–Crippen MR) is 133 cm³/mol. The number of amides is 1. The smallest absolute Gasteiger partial charge is 0.243 e. The largest absolute Gasteiger partial charge is 0.496 e. The number of sulfonamides is 1. The molecule has 0 spiro atoms. The number of rotatable bonds is 10. The molecule has 1 N–H and O–H groups in total. The first-order valence-electron chi connectivity index (χ1n) is 11.8. The van der Waals surface area contributed by atoms with Crippen molar-refractivity contribution >= 4 is 15.9 Å². The summed E-state index contributed by atoms with van der Waals surface area (Å²) in [6.07, 6.45) is 2.38. The highest BCUT2D eigenvalue weighted by atomic mass is 32.2. The number of carbonyl (C=O) groups is 1. The van der Waals surface area contributed by atoms with Crippen molar-refractivity contribution in [3.63, 3.8) is 0 Å². The van der Waals surface area contributed by atoms with Gasteiger partial charge in [-0.3, -0.25) is 4.79 Å². The molecule has 0 aliphatic carbocycles. The third kappa shape index (κ3) is 6.73. The molecule has 0 saturated carbocycles. The van der Waals surface area contributed by atoms with Crippen LogP contribution in [0.5, 0.6) is 11.5 Å². The fourth-order valence-corrected chi connectivity index (χ4v) is 5.50. The van der Waals surface area contributed by atoms with E-state index in [4.69, 9.17) is 9.47 Å². The van der Waals surface area contributed by atoms with Crippen molar-refractivity contribution in [2.75, 3.05) is 33.4 Å². The minimum absolute atomic E-state index is 0.0903. The van der Waals surface area contributed by atoms with Crippen LogP contribution in [-0.4, -0.2) is 52.0 Å². The van der Waals surface area contributed by atoms with Crippen LogP contribution in [-0.2, 0) is 26.7 Å². The zero-order chi connectivity index (χ0) is 24.8. The first-order chi connectivity index (χ1) is 16.1. The van der Waals surface area contributed by atoms with Crippen molar-refractivity contribution in [2.24, 2.45) is 0 Å². The van der Waals surface area contributed by atoms with Gasteiger partial charge in [0.1, 0.15) is 18.1 Å². The number of methoxy groups -OCH3 is 1. The predicted octanol–water partition coefficient (Wildman–Crippen LogP) is 3.91. The lowest BCUT2D eigenvalue weighted by atomic mass is 9.87. The van der Waals surface area contributed by atoms with Crippen LogP contribution < -0.4 is 14.8 Å². The van der Waals surface area contributed by atoms with E-state index in [0.717, 1.165) is 18.6 Å². The molecule has 8 heteroatoms. The Morgan fingerprint density at radius 2 is 1.74 bits per heavy atom. The van der Waals surface area contributed by atoms with E-state index in [0.29, 0.717) is 44.0 Å². The topological polar surface area (TPSA) is 84.9 Å². The summed E-state index contributed by atoms with van der Waals surface area (Å²) < 4.78 is 38.4. The van der Waals surface area contributed by atoms with Gasteiger partial charge in [-0.1, -0.05) is 32.9 Å². The van der Waals surface area contributed by atoms with E-state index in [-0.39, 0.29) is 22.6 Å². The van der Waals surface area contributed by atoms with E-state index in [1.807, 2.05) is 12.1 Å². The molecule has 1 amide bonds. The minimum Gasteiger partial charge on any atom is -0.496 e. The van der Waals surface area contributed by atoms with Gasteiger partial charge in [0.25, 0.3) is 0 Å². The summed E-state index contributed by atoms with van der Waals surface area (Å²) in [6, 6.07) is 12.9. The Kier molecular flexibility index (Phi) is 8.60. The molecule has 1 aliphatic rings. The molecular formula is C26H36N2O5S. The number of ether oxygens (including phenoxy) is 2. The van der Waals surface area contributed by atoms with E-state index < -0.39 is 10.0 Å². The molecule has 1 saturated heterocycles. The van der Waals surface area contributed by atoms with Gasteiger partial charge in [0.15, 0.2) is 0 Å². The maximum absolute atomic E-state index is 12.9. The SMILES string of the molecule is COc1ccc(S(=O)(=O)N2CCCC2)cc1CCC(=O)NCCOc1ccc(C(C)(C)C)cc1. The second kappa shape index (κ2) is 11.2. The minimum atomic E-state index is -3.52. The van der Waals surface area contributed by atoms with Gasteiger partial charge in [-0.2, -0.15) is 4.31 Å². The number of aryl methyl sites for hydroxylation is 1. The number of carbonyl (C=O) groups excluding carboxylic acids is 1. The van der Waals surface area contributed by atoms with Crippen LogP contribution in [0.25, 0.3) is 0 Å². The Morgan fingerprint density at radius 3 is 2.35 bits per heavy atom. The Labute approximate surface area is 203 Å². The van der Waals surface area contributed by atoms with Gasteiger partial charge in [0.05, 0.1) is 18.6 Å². The molecule has 0 bridgehead atoms. The molecular weight excluding hydrogens is 452 g/mol. The van der Waals surface area contributed by atoms with Crippen molar-refractivity contribution in [1.82, 2.24) is 9.62 Å². The second-order valence-corrected chi connectivity index (χ2v) is 11.5. The fraction of sp³-hybridized carbons (Fsp3) is 0.500. The zero-order valence-corrected chi connectivity index (χ0v) is 21.4. The maximum atomic E-state index is 12.9. The van der Waals surface area contributed by atoms with Gasteiger partial charge in [0.2, 0.25) is 15.9 Å². The van der Waals surface area contributed by atoms with Crippen molar-refractivity contribution in [2.45, 2.75) is 56.8 Å². The van der Waals surface area contributed by atoms with Gasteiger partial charge < -0.3 is 14.8 Å². The molecule has 7 nitrogen and oxygen atoms in total. The Balaban J connectivity index is 1.49. The summed E-state index contributed by atoms with van der Waals surface area (Å²) in [5, 5.41) is 2.85. The summed E-state index contributed by atoms with van der Waals surface area (Å²) in [4.78, 5) is 12.6. The third-order valence-corrected chi connectivity index (χ3v) is 7.88. The summed E-state index contributed by atoms with van der Waals surface area (Å²) in [5.41, 5.74) is 2.03. The van der Waals surface area contributed by atoms with E-state index in [1.165, 1.54) is 9.87 Å². The standard InChI is InChI=1S/C26H36N2O5S/c1-26(2,3)21-8-10-22(11-9-21)33-18-15-27-25(29)14-7-20-19-23(12-13-24(20)32-4)34(30,31)28-16-5-6-17-28/h8-13,19H,5-7,14-18H2,1-4H3,(H,27,29). The van der Waals surface area contributed by atoms with Gasteiger partial charge in [-0.15, -0.1) is 0 Å². The highest BCUT2D eigenvalue weighted by molar-refractivity contribution is 7.89. The van der Waals surface area contributed by atoms with Crippen molar-refractivity contribution in [3.8, 4) is 11.5 Å². The van der Waals surface area contributed by atoms with Crippen molar-refractivity contribution in [1.29, 1.82) is 0 Å². The highest BCUT2D eigenvalue weighted by Gasteiger charge is 2.27. The second-order valence-electron chi connectivity index (χ2n) is 9.56. The summed E-state index contributed by atoms with van der Waals surface area (Å²) in [5.74, 6) is 1.22. The molecule has 0 unspecified atom stereocenters. The maximum Gasteiger partial charge on any atom is 0.243 e. The molecule has 1 aliphatic heterocycles. The quantitative estimate of drug-likeness (QED) is 0.513. The average molecular weight is 489 g/mol. The van der Waals surface area contributed by atoms with E-state index in [9.17, 15) is 13.2 Å². The molecule has 1 heterocycles. The van der Waals surface area contributed by atoms with Crippen LogP contribution in [0.3, 0.4) is 0 Å². The van der Waals surface area contributed by atoms with Gasteiger partial charge in [-0.05, 0) is 66.1 Å². The Bertz CT molecular complexity index is 1070. The lowest BCUT2D eigenvalue weighted by Gasteiger charge is -2.19. The fourth-order valence-electron chi connectivity index (χ4n) is 3.94.